The average Bonchev–Trinajstić information content (AvgIpc) is 2.10. The zero-order chi connectivity index (χ0) is 9.40. The van der Waals surface area contributed by atoms with E-state index in [0.717, 1.165) is 12.2 Å². The third kappa shape index (κ3) is 6.49. The van der Waals surface area contributed by atoms with E-state index in [1.54, 1.807) is 11.8 Å². The minimum absolute atomic E-state index is 0.100. The number of hydrogen-bond donors (Lipinski definition) is 2. The van der Waals surface area contributed by atoms with Gasteiger partial charge in [0, 0.05) is 24.8 Å². The Balaban J connectivity index is 3.31. The summed E-state index contributed by atoms with van der Waals surface area (Å²) in [7, 11) is 0. The molecule has 0 heterocycles. The summed E-state index contributed by atoms with van der Waals surface area (Å²) in [6.07, 6.45) is 3.49. The average molecular weight is 190 g/mol. The van der Waals surface area contributed by atoms with E-state index in [9.17, 15) is 4.79 Å². The topological polar surface area (TPSA) is 55.1 Å². The van der Waals surface area contributed by atoms with Gasteiger partial charge in [-0.1, -0.05) is 6.92 Å². The smallest absolute Gasteiger partial charge is 0.220 e. The van der Waals surface area contributed by atoms with Crippen LogP contribution in [0.4, 0.5) is 0 Å². The van der Waals surface area contributed by atoms with Gasteiger partial charge in [0.25, 0.3) is 0 Å². The second-order valence-electron chi connectivity index (χ2n) is 2.72. The van der Waals surface area contributed by atoms with Crippen LogP contribution in [0.5, 0.6) is 0 Å². The van der Waals surface area contributed by atoms with Crippen LogP contribution in [0.2, 0.25) is 0 Å². The molecule has 0 saturated heterocycles. The number of amides is 1. The fourth-order valence-corrected chi connectivity index (χ4v) is 1.06. The molecule has 3 nitrogen and oxygen atoms in total. The molecular formula is C8H18N2OS. The first kappa shape index (κ1) is 11.8. The van der Waals surface area contributed by atoms with E-state index in [0.29, 0.717) is 13.0 Å². The molecule has 0 rings (SSSR count). The van der Waals surface area contributed by atoms with Gasteiger partial charge in [0.05, 0.1) is 0 Å². The first-order chi connectivity index (χ1) is 5.70. The Bertz CT molecular complexity index is 130. The molecule has 3 N–H and O–H groups in total. The van der Waals surface area contributed by atoms with Crippen LogP contribution in [0.1, 0.15) is 19.8 Å². The molecule has 1 atom stereocenters. The molecule has 0 radical (unpaired) electrons. The first-order valence-electron chi connectivity index (χ1n) is 4.22. The lowest BCUT2D eigenvalue weighted by Gasteiger charge is -2.09. The molecule has 0 aliphatic heterocycles. The lowest BCUT2D eigenvalue weighted by Crippen LogP contribution is -2.36. The van der Waals surface area contributed by atoms with Crippen LogP contribution < -0.4 is 11.1 Å². The van der Waals surface area contributed by atoms with Crippen molar-refractivity contribution in [1.82, 2.24) is 5.32 Å². The van der Waals surface area contributed by atoms with Crippen molar-refractivity contribution in [2.45, 2.75) is 25.8 Å². The molecule has 0 aromatic carbocycles. The first-order valence-corrected chi connectivity index (χ1v) is 5.61. The maximum atomic E-state index is 11.0. The van der Waals surface area contributed by atoms with Crippen LogP contribution in [0.3, 0.4) is 0 Å². The summed E-state index contributed by atoms with van der Waals surface area (Å²) in [5.41, 5.74) is 5.63. The van der Waals surface area contributed by atoms with Gasteiger partial charge in [0.15, 0.2) is 0 Å². The van der Waals surface area contributed by atoms with E-state index in [-0.39, 0.29) is 11.9 Å². The monoisotopic (exact) mass is 190 g/mol. The zero-order valence-electron chi connectivity index (χ0n) is 7.80. The van der Waals surface area contributed by atoms with Gasteiger partial charge in [0.1, 0.15) is 0 Å². The molecule has 0 aromatic heterocycles. The van der Waals surface area contributed by atoms with Gasteiger partial charge in [-0.3, -0.25) is 4.79 Å². The Morgan fingerprint density at radius 2 is 2.33 bits per heavy atom. The van der Waals surface area contributed by atoms with Crippen LogP contribution in [0.25, 0.3) is 0 Å². The van der Waals surface area contributed by atoms with Gasteiger partial charge in [-0.25, -0.2) is 0 Å². The van der Waals surface area contributed by atoms with Gasteiger partial charge in [-0.05, 0) is 12.7 Å². The highest BCUT2D eigenvalue weighted by Gasteiger charge is 2.02. The maximum Gasteiger partial charge on any atom is 0.220 e. The fourth-order valence-electron chi connectivity index (χ4n) is 0.672. The summed E-state index contributed by atoms with van der Waals surface area (Å²) in [4.78, 5) is 11.0. The Labute approximate surface area is 78.5 Å². The molecule has 12 heavy (non-hydrogen) atoms. The molecule has 1 amide bonds. The van der Waals surface area contributed by atoms with Crippen LogP contribution in [0.15, 0.2) is 0 Å². The summed E-state index contributed by atoms with van der Waals surface area (Å²) in [5.74, 6) is 0.987. The van der Waals surface area contributed by atoms with Crippen molar-refractivity contribution >= 4 is 17.7 Å². The van der Waals surface area contributed by atoms with E-state index in [2.05, 4.69) is 5.32 Å². The molecule has 72 valence electrons. The number of nitrogens with one attached hydrogen (secondary N) is 1. The lowest BCUT2D eigenvalue weighted by atomic mass is 10.2. The highest BCUT2D eigenvalue weighted by molar-refractivity contribution is 7.98. The number of hydrogen-bond acceptors (Lipinski definition) is 3. The number of rotatable bonds is 6. The van der Waals surface area contributed by atoms with Crippen molar-refractivity contribution in [2.24, 2.45) is 5.73 Å². The third-order valence-electron chi connectivity index (χ3n) is 1.62. The van der Waals surface area contributed by atoms with Crippen LogP contribution in [-0.4, -0.2) is 30.5 Å². The Hall–Kier alpha value is -0.220. The van der Waals surface area contributed by atoms with Crippen molar-refractivity contribution in [3.63, 3.8) is 0 Å². The molecular weight excluding hydrogens is 172 g/mol. The second-order valence-corrected chi connectivity index (χ2v) is 3.70. The number of nitrogens with two attached hydrogens (primary N) is 1. The Morgan fingerprint density at radius 1 is 1.67 bits per heavy atom. The van der Waals surface area contributed by atoms with Crippen LogP contribution >= 0.6 is 11.8 Å². The number of carbonyl (C=O) groups excluding carboxylic acids is 1. The van der Waals surface area contributed by atoms with E-state index in [4.69, 9.17) is 5.73 Å². The summed E-state index contributed by atoms with van der Waals surface area (Å²) in [5, 5.41) is 2.79. The Kier molecular flexibility index (Phi) is 7.29. The molecule has 4 heteroatoms. The van der Waals surface area contributed by atoms with Gasteiger partial charge < -0.3 is 11.1 Å². The highest BCUT2D eigenvalue weighted by Crippen LogP contribution is 1.94. The van der Waals surface area contributed by atoms with E-state index in [1.165, 1.54) is 0 Å². The van der Waals surface area contributed by atoms with Crippen molar-refractivity contribution < 1.29 is 4.79 Å². The summed E-state index contributed by atoms with van der Waals surface area (Å²) in [6.45, 7) is 2.61. The van der Waals surface area contributed by atoms with Crippen LogP contribution in [0, 0.1) is 0 Å². The normalized spacial score (nSPS) is 12.6. The van der Waals surface area contributed by atoms with Gasteiger partial charge >= 0.3 is 0 Å². The number of thioether (sulfide) groups is 1. The predicted molar refractivity (Wildman–Crippen MR) is 54.3 cm³/mol. The van der Waals surface area contributed by atoms with E-state index >= 15 is 0 Å². The lowest BCUT2D eigenvalue weighted by molar-refractivity contribution is -0.120. The van der Waals surface area contributed by atoms with Crippen LogP contribution in [-0.2, 0) is 4.79 Å². The number of carbonyl (C=O) groups is 1. The molecule has 1 unspecified atom stereocenters. The minimum Gasteiger partial charge on any atom is -0.355 e. The molecule has 0 aliphatic rings. The molecule has 0 bridgehead atoms. The highest BCUT2D eigenvalue weighted by atomic mass is 32.2. The third-order valence-corrected chi connectivity index (χ3v) is 2.23. The summed E-state index contributed by atoms with van der Waals surface area (Å²) >= 11 is 1.68. The SMILES string of the molecule is CCC(N)CNC(=O)CCSC. The van der Waals surface area contributed by atoms with Gasteiger partial charge in [-0.2, -0.15) is 11.8 Å². The molecule has 0 aromatic rings. The van der Waals surface area contributed by atoms with Crippen molar-refractivity contribution in [2.75, 3.05) is 18.6 Å². The van der Waals surface area contributed by atoms with Crippen molar-refractivity contribution in [3.05, 3.63) is 0 Å². The Morgan fingerprint density at radius 3 is 2.83 bits per heavy atom. The van der Waals surface area contributed by atoms with Crippen molar-refractivity contribution in [1.29, 1.82) is 0 Å². The summed E-state index contributed by atoms with van der Waals surface area (Å²) in [6, 6.07) is 0.100. The zero-order valence-corrected chi connectivity index (χ0v) is 8.62. The van der Waals surface area contributed by atoms with Gasteiger partial charge in [0.2, 0.25) is 5.91 Å². The fraction of sp³-hybridized carbons (Fsp3) is 0.875. The second kappa shape index (κ2) is 7.43. The summed E-state index contributed by atoms with van der Waals surface area (Å²) < 4.78 is 0. The quantitative estimate of drug-likeness (QED) is 0.644. The minimum atomic E-state index is 0.100. The molecule has 0 saturated carbocycles. The molecule has 0 spiro atoms. The molecule has 0 aliphatic carbocycles. The van der Waals surface area contributed by atoms with Crippen molar-refractivity contribution in [3.8, 4) is 0 Å². The van der Waals surface area contributed by atoms with Gasteiger partial charge in [-0.15, -0.1) is 0 Å². The predicted octanol–water partition coefficient (Wildman–Crippen LogP) is 0.593. The largest absolute Gasteiger partial charge is 0.355 e. The van der Waals surface area contributed by atoms with E-state index < -0.39 is 0 Å². The standard InChI is InChI=1S/C8H18N2OS/c1-3-7(9)6-10-8(11)4-5-12-2/h7H,3-6,9H2,1-2H3,(H,10,11). The maximum absolute atomic E-state index is 11.0. The molecule has 0 fully saturated rings. The van der Waals surface area contributed by atoms with E-state index in [1.807, 2.05) is 13.2 Å².